The number of hydrazone groups is 1. The number of aryl methyl sites for hydroxylation is 1. The van der Waals surface area contributed by atoms with Crippen LogP contribution in [-0.2, 0) is 9.59 Å². The summed E-state index contributed by atoms with van der Waals surface area (Å²) < 4.78 is 10.8. The highest BCUT2D eigenvalue weighted by molar-refractivity contribution is 6.03. The first-order valence-corrected chi connectivity index (χ1v) is 9.59. The van der Waals surface area contributed by atoms with Gasteiger partial charge >= 0.3 is 5.97 Å². The lowest BCUT2D eigenvalue weighted by atomic mass is 9.97. The van der Waals surface area contributed by atoms with Crippen molar-refractivity contribution in [2.24, 2.45) is 5.10 Å². The fraction of sp³-hybridized carbons (Fsp3) is 0.318. The summed E-state index contributed by atoms with van der Waals surface area (Å²) in [6.07, 6.45) is 0.980. The summed E-state index contributed by atoms with van der Waals surface area (Å²) in [7, 11) is 0. The lowest BCUT2D eigenvalue weighted by Crippen LogP contribution is -2.27. The van der Waals surface area contributed by atoms with Gasteiger partial charge in [0.1, 0.15) is 0 Å². The van der Waals surface area contributed by atoms with Gasteiger partial charge in [-0.05, 0) is 37.1 Å². The Bertz CT molecular complexity index is 985. The Balaban J connectivity index is 1.61. The Kier molecular flexibility index (Phi) is 5.20. The van der Waals surface area contributed by atoms with E-state index in [4.69, 9.17) is 14.6 Å². The van der Waals surface area contributed by atoms with E-state index in [2.05, 4.69) is 11.2 Å². The van der Waals surface area contributed by atoms with Gasteiger partial charge in [0.25, 0.3) is 0 Å². The van der Waals surface area contributed by atoms with E-state index in [-0.39, 0.29) is 31.6 Å². The predicted molar refractivity (Wildman–Crippen MR) is 106 cm³/mol. The minimum absolute atomic E-state index is 0.0343. The van der Waals surface area contributed by atoms with Crippen LogP contribution in [-0.4, -0.2) is 34.5 Å². The minimum atomic E-state index is -0.904. The van der Waals surface area contributed by atoms with E-state index in [1.54, 1.807) is 0 Å². The molecule has 7 nitrogen and oxygen atoms in total. The molecule has 1 amide bonds. The van der Waals surface area contributed by atoms with Gasteiger partial charge in [0.2, 0.25) is 12.7 Å². The summed E-state index contributed by atoms with van der Waals surface area (Å²) >= 11 is 0. The summed E-state index contributed by atoms with van der Waals surface area (Å²) in [6.45, 7) is 2.21. The highest BCUT2D eigenvalue weighted by atomic mass is 16.7. The van der Waals surface area contributed by atoms with Crippen molar-refractivity contribution < 1.29 is 24.2 Å². The molecule has 0 unspecified atom stereocenters. The highest BCUT2D eigenvalue weighted by Gasteiger charge is 2.33. The van der Waals surface area contributed by atoms with Gasteiger partial charge in [-0.3, -0.25) is 9.59 Å². The molecule has 0 saturated carbocycles. The fourth-order valence-electron chi connectivity index (χ4n) is 3.63. The van der Waals surface area contributed by atoms with Gasteiger partial charge in [0.15, 0.2) is 11.5 Å². The van der Waals surface area contributed by atoms with Gasteiger partial charge in [-0.2, -0.15) is 5.10 Å². The third kappa shape index (κ3) is 4.08. The van der Waals surface area contributed by atoms with Crippen molar-refractivity contribution in [2.45, 2.75) is 38.6 Å². The Morgan fingerprint density at radius 3 is 2.76 bits per heavy atom. The number of nitrogens with zero attached hydrogens (tertiary/aromatic N) is 2. The van der Waals surface area contributed by atoms with Crippen molar-refractivity contribution in [3.05, 3.63) is 59.2 Å². The molecule has 0 fully saturated rings. The second-order valence-corrected chi connectivity index (χ2v) is 7.23. The first-order valence-electron chi connectivity index (χ1n) is 9.59. The summed E-state index contributed by atoms with van der Waals surface area (Å²) in [5.41, 5.74) is 3.79. The molecule has 0 saturated heterocycles. The highest BCUT2D eigenvalue weighted by Crippen LogP contribution is 2.37. The van der Waals surface area contributed by atoms with Crippen molar-refractivity contribution >= 4 is 17.6 Å². The number of benzene rings is 2. The molecule has 29 heavy (non-hydrogen) atoms. The van der Waals surface area contributed by atoms with Crippen LogP contribution in [0.2, 0.25) is 0 Å². The zero-order chi connectivity index (χ0) is 20.4. The molecule has 2 aliphatic heterocycles. The smallest absolute Gasteiger partial charge is 0.303 e. The Morgan fingerprint density at radius 1 is 1.14 bits per heavy atom. The summed E-state index contributed by atoms with van der Waals surface area (Å²) in [5, 5.41) is 15.0. The lowest BCUT2D eigenvalue weighted by molar-refractivity contribution is -0.137. The number of aliphatic carboxylic acids is 1. The fourth-order valence-corrected chi connectivity index (χ4v) is 3.63. The Morgan fingerprint density at radius 2 is 1.97 bits per heavy atom. The maximum absolute atomic E-state index is 12.8. The molecule has 0 spiro atoms. The molecule has 150 valence electrons. The maximum atomic E-state index is 12.8. The molecule has 2 aromatic rings. The van der Waals surface area contributed by atoms with E-state index in [1.807, 2.05) is 43.3 Å². The Hall–Kier alpha value is -3.35. The molecule has 0 aromatic heterocycles. The van der Waals surface area contributed by atoms with Crippen LogP contribution in [0, 0.1) is 6.92 Å². The van der Waals surface area contributed by atoms with Crippen molar-refractivity contribution in [1.82, 2.24) is 5.01 Å². The minimum Gasteiger partial charge on any atom is -0.481 e. The molecule has 7 heteroatoms. The Labute approximate surface area is 168 Å². The van der Waals surface area contributed by atoms with E-state index < -0.39 is 5.97 Å². The normalized spacial score (nSPS) is 17.3. The van der Waals surface area contributed by atoms with Crippen LogP contribution in [0.25, 0.3) is 0 Å². The van der Waals surface area contributed by atoms with Gasteiger partial charge < -0.3 is 14.6 Å². The van der Waals surface area contributed by atoms with Crippen LogP contribution >= 0.6 is 0 Å². The van der Waals surface area contributed by atoms with E-state index in [0.717, 1.165) is 22.4 Å². The SMILES string of the molecule is Cc1cccc([C@@H]2CC(c3ccc4c(c3)OCO4)=NN2C(=O)CCCC(=O)O)c1. The van der Waals surface area contributed by atoms with Crippen LogP contribution in [0.5, 0.6) is 11.5 Å². The van der Waals surface area contributed by atoms with Crippen LogP contribution in [0.1, 0.15) is 48.4 Å². The van der Waals surface area contributed by atoms with Gasteiger partial charge in [-0.1, -0.05) is 29.8 Å². The van der Waals surface area contributed by atoms with Crippen LogP contribution in [0.15, 0.2) is 47.6 Å². The van der Waals surface area contributed by atoms with Gasteiger partial charge in [0.05, 0.1) is 11.8 Å². The van der Waals surface area contributed by atoms with Gasteiger partial charge in [0, 0.05) is 24.8 Å². The van der Waals surface area contributed by atoms with Crippen molar-refractivity contribution in [3.63, 3.8) is 0 Å². The number of rotatable bonds is 6. The molecule has 0 bridgehead atoms. The second-order valence-electron chi connectivity index (χ2n) is 7.23. The number of carboxylic acids is 1. The molecular weight excluding hydrogens is 372 g/mol. The third-order valence-electron chi connectivity index (χ3n) is 5.08. The largest absolute Gasteiger partial charge is 0.481 e. The number of hydrogen-bond donors (Lipinski definition) is 1. The number of carbonyl (C=O) groups excluding carboxylic acids is 1. The van der Waals surface area contributed by atoms with E-state index in [0.29, 0.717) is 24.3 Å². The average Bonchev–Trinajstić information content (AvgIpc) is 3.34. The monoisotopic (exact) mass is 394 g/mol. The third-order valence-corrected chi connectivity index (χ3v) is 5.08. The van der Waals surface area contributed by atoms with Gasteiger partial charge in [-0.25, -0.2) is 5.01 Å². The molecule has 1 atom stereocenters. The van der Waals surface area contributed by atoms with E-state index in [1.165, 1.54) is 5.01 Å². The maximum Gasteiger partial charge on any atom is 0.303 e. The summed E-state index contributed by atoms with van der Waals surface area (Å²) in [6, 6.07) is 13.5. The number of hydrogen-bond acceptors (Lipinski definition) is 5. The molecule has 0 aliphatic carbocycles. The number of fused-ring (bicyclic) bond motifs is 1. The van der Waals surface area contributed by atoms with Crippen LogP contribution < -0.4 is 9.47 Å². The molecule has 0 radical (unpaired) electrons. The zero-order valence-corrected chi connectivity index (χ0v) is 16.1. The molecular formula is C22H22N2O5. The van der Waals surface area contributed by atoms with Crippen LogP contribution in [0.4, 0.5) is 0 Å². The summed E-state index contributed by atoms with van der Waals surface area (Å²) in [5.74, 6) is 0.292. The number of carbonyl (C=O) groups is 2. The zero-order valence-electron chi connectivity index (χ0n) is 16.1. The quantitative estimate of drug-likeness (QED) is 0.808. The first-order chi connectivity index (χ1) is 14.0. The van der Waals surface area contributed by atoms with Crippen LogP contribution in [0.3, 0.4) is 0 Å². The molecule has 1 N–H and O–H groups in total. The molecule has 2 aromatic carbocycles. The lowest BCUT2D eigenvalue weighted by Gasteiger charge is -2.22. The van der Waals surface area contributed by atoms with Crippen molar-refractivity contribution in [1.29, 1.82) is 0 Å². The number of amides is 1. The molecule has 4 rings (SSSR count). The number of carboxylic acid groups (broad SMARTS) is 1. The van der Waals surface area contributed by atoms with Crippen molar-refractivity contribution in [2.75, 3.05) is 6.79 Å². The average molecular weight is 394 g/mol. The van der Waals surface area contributed by atoms with E-state index >= 15 is 0 Å². The first kappa shape index (κ1) is 19.0. The van der Waals surface area contributed by atoms with Gasteiger partial charge in [-0.15, -0.1) is 0 Å². The standard InChI is InChI=1S/C22H22N2O5/c1-14-4-2-5-16(10-14)18-12-17(15-8-9-19-20(11-15)29-13-28-19)23-24(18)21(25)6-3-7-22(26)27/h2,4-5,8-11,18H,3,6-7,12-13H2,1H3,(H,26,27)/t18-/m0/s1. The van der Waals surface area contributed by atoms with E-state index in [9.17, 15) is 9.59 Å². The molecule has 2 heterocycles. The second kappa shape index (κ2) is 7.95. The number of ether oxygens (including phenoxy) is 2. The molecule has 2 aliphatic rings. The van der Waals surface area contributed by atoms with Crippen molar-refractivity contribution in [3.8, 4) is 11.5 Å². The predicted octanol–water partition coefficient (Wildman–Crippen LogP) is 3.66. The topological polar surface area (TPSA) is 88.4 Å². The summed E-state index contributed by atoms with van der Waals surface area (Å²) in [4.78, 5) is 23.6.